The molecule has 2 heteroatoms. The third-order valence-corrected chi connectivity index (χ3v) is 3.20. The minimum absolute atomic E-state index is 0.0773. The molecule has 1 N–H and O–H groups in total. The van der Waals surface area contributed by atoms with E-state index in [9.17, 15) is 9.90 Å². The third-order valence-electron chi connectivity index (χ3n) is 3.20. The van der Waals surface area contributed by atoms with Crippen LogP contribution in [0.5, 0.6) is 0 Å². The first-order valence-corrected chi connectivity index (χ1v) is 5.99. The number of allylic oxidation sites excluding steroid dienone is 4. The Hall–Kier alpha value is -0.890. The van der Waals surface area contributed by atoms with Crippen LogP contribution >= 0.6 is 0 Å². The standard InChI is InChI=1S/C14H22O2/c1-11(2)7-6-10-14(3,16)12-8-4-5-9-13(12)15/h5,7,9,12,16H,4,6,8,10H2,1-3H3/t12-,14+/m0/s1. The molecule has 0 bridgehead atoms. The average molecular weight is 222 g/mol. The molecule has 90 valence electrons. The van der Waals surface area contributed by atoms with Crippen LogP contribution in [0, 0.1) is 5.92 Å². The minimum atomic E-state index is -0.867. The van der Waals surface area contributed by atoms with E-state index in [1.54, 1.807) is 13.0 Å². The zero-order chi connectivity index (χ0) is 12.2. The van der Waals surface area contributed by atoms with Crippen LogP contribution in [0.3, 0.4) is 0 Å². The predicted octanol–water partition coefficient (Wildman–Crippen LogP) is 3.02. The van der Waals surface area contributed by atoms with E-state index in [-0.39, 0.29) is 11.7 Å². The first kappa shape index (κ1) is 13.2. The highest BCUT2D eigenvalue weighted by atomic mass is 16.3. The molecule has 0 fully saturated rings. The van der Waals surface area contributed by atoms with E-state index in [2.05, 4.69) is 6.08 Å². The lowest BCUT2D eigenvalue weighted by Gasteiger charge is -2.32. The Bertz CT molecular complexity index is 307. The van der Waals surface area contributed by atoms with Gasteiger partial charge in [-0.3, -0.25) is 4.79 Å². The Labute approximate surface area is 98.1 Å². The topological polar surface area (TPSA) is 37.3 Å². The molecule has 0 spiro atoms. The lowest BCUT2D eigenvalue weighted by atomic mass is 9.77. The van der Waals surface area contributed by atoms with Crippen molar-refractivity contribution in [2.75, 3.05) is 0 Å². The molecule has 1 aliphatic rings. The van der Waals surface area contributed by atoms with E-state index < -0.39 is 5.60 Å². The molecule has 0 radical (unpaired) electrons. The van der Waals surface area contributed by atoms with Crippen LogP contribution in [0.4, 0.5) is 0 Å². The fourth-order valence-electron chi connectivity index (χ4n) is 2.17. The first-order chi connectivity index (χ1) is 7.43. The normalized spacial score (nSPS) is 24.0. The molecule has 0 aliphatic heterocycles. The zero-order valence-corrected chi connectivity index (χ0v) is 10.5. The van der Waals surface area contributed by atoms with Gasteiger partial charge in [-0.2, -0.15) is 0 Å². The van der Waals surface area contributed by atoms with Crippen molar-refractivity contribution in [1.82, 2.24) is 0 Å². The lowest BCUT2D eigenvalue weighted by Crippen LogP contribution is -2.40. The Morgan fingerprint density at radius 1 is 1.62 bits per heavy atom. The molecule has 0 aromatic carbocycles. The summed E-state index contributed by atoms with van der Waals surface area (Å²) in [5, 5.41) is 10.3. The third kappa shape index (κ3) is 3.60. The zero-order valence-electron chi connectivity index (χ0n) is 10.5. The molecule has 0 unspecified atom stereocenters. The summed E-state index contributed by atoms with van der Waals surface area (Å²) in [5.74, 6) is -0.142. The highest BCUT2D eigenvalue weighted by molar-refractivity contribution is 5.93. The van der Waals surface area contributed by atoms with Gasteiger partial charge >= 0.3 is 0 Å². The summed E-state index contributed by atoms with van der Waals surface area (Å²) in [6.07, 6.45) is 8.78. The van der Waals surface area contributed by atoms with Gasteiger partial charge in [0.2, 0.25) is 0 Å². The van der Waals surface area contributed by atoms with E-state index in [0.717, 1.165) is 19.3 Å². The Balaban J connectivity index is 2.59. The summed E-state index contributed by atoms with van der Waals surface area (Å²) in [7, 11) is 0. The summed E-state index contributed by atoms with van der Waals surface area (Å²) in [4.78, 5) is 11.7. The van der Waals surface area contributed by atoms with Crippen LogP contribution in [0.25, 0.3) is 0 Å². The number of ketones is 1. The molecule has 16 heavy (non-hydrogen) atoms. The molecule has 0 saturated heterocycles. The summed E-state index contributed by atoms with van der Waals surface area (Å²) in [5.41, 5.74) is 0.388. The fourth-order valence-corrected chi connectivity index (χ4v) is 2.17. The highest BCUT2D eigenvalue weighted by Gasteiger charge is 2.35. The summed E-state index contributed by atoms with van der Waals surface area (Å²) >= 11 is 0. The molecular formula is C14H22O2. The van der Waals surface area contributed by atoms with Gasteiger partial charge in [0.1, 0.15) is 0 Å². The second kappa shape index (κ2) is 5.44. The Morgan fingerprint density at radius 3 is 2.88 bits per heavy atom. The van der Waals surface area contributed by atoms with Crippen LogP contribution < -0.4 is 0 Å². The molecule has 1 aliphatic carbocycles. The van der Waals surface area contributed by atoms with Crippen molar-refractivity contribution in [3.63, 3.8) is 0 Å². The maximum Gasteiger partial charge on any atom is 0.161 e. The molecule has 0 aromatic rings. The van der Waals surface area contributed by atoms with Crippen molar-refractivity contribution < 1.29 is 9.90 Å². The van der Waals surface area contributed by atoms with E-state index in [4.69, 9.17) is 0 Å². The lowest BCUT2D eigenvalue weighted by molar-refractivity contribution is -0.127. The second-order valence-electron chi connectivity index (χ2n) is 5.11. The monoisotopic (exact) mass is 222 g/mol. The molecule has 0 aromatic heterocycles. The molecule has 0 heterocycles. The van der Waals surface area contributed by atoms with Crippen molar-refractivity contribution in [2.24, 2.45) is 5.92 Å². The molecule has 0 saturated carbocycles. The van der Waals surface area contributed by atoms with Gasteiger partial charge in [-0.1, -0.05) is 17.7 Å². The summed E-state index contributed by atoms with van der Waals surface area (Å²) in [6.45, 7) is 5.87. The van der Waals surface area contributed by atoms with Crippen LogP contribution in [0.2, 0.25) is 0 Å². The maximum atomic E-state index is 11.7. The maximum absolute atomic E-state index is 11.7. The van der Waals surface area contributed by atoms with Gasteiger partial charge in [-0.15, -0.1) is 0 Å². The molecule has 2 nitrogen and oxygen atoms in total. The summed E-state index contributed by atoms with van der Waals surface area (Å²) < 4.78 is 0. The average Bonchev–Trinajstić information content (AvgIpc) is 2.17. The molecule has 0 amide bonds. The van der Waals surface area contributed by atoms with Crippen molar-refractivity contribution in [3.8, 4) is 0 Å². The van der Waals surface area contributed by atoms with Crippen LogP contribution in [-0.4, -0.2) is 16.5 Å². The second-order valence-corrected chi connectivity index (χ2v) is 5.11. The van der Waals surface area contributed by atoms with Crippen molar-refractivity contribution >= 4 is 5.78 Å². The van der Waals surface area contributed by atoms with E-state index >= 15 is 0 Å². The quantitative estimate of drug-likeness (QED) is 0.742. The van der Waals surface area contributed by atoms with E-state index in [1.807, 2.05) is 19.9 Å². The number of hydrogen-bond donors (Lipinski definition) is 1. The van der Waals surface area contributed by atoms with Crippen molar-refractivity contribution in [3.05, 3.63) is 23.8 Å². The number of hydrogen-bond acceptors (Lipinski definition) is 2. The Kier molecular flexibility index (Phi) is 4.48. The number of carbonyl (C=O) groups excluding carboxylic acids is 1. The van der Waals surface area contributed by atoms with Gasteiger partial charge < -0.3 is 5.11 Å². The van der Waals surface area contributed by atoms with Crippen molar-refractivity contribution in [2.45, 2.75) is 52.1 Å². The van der Waals surface area contributed by atoms with Crippen molar-refractivity contribution in [1.29, 1.82) is 0 Å². The van der Waals surface area contributed by atoms with E-state index in [1.165, 1.54) is 5.57 Å². The minimum Gasteiger partial charge on any atom is -0.389 e. The molecular weight excluding hydrogens is 200 g/mol. The van der Waals surface area contributed by atoms with Gasteiger partial charge in [-0.05, 0) is 52.5 Å². The first-order valence-electron chi connectivity index (χ1n) is 5.99. The molecule has 2 atom stereocenters. The van der Waals surface area contributed by atoms with Gasteiger partial charge in [0.15, 0.2) is 5.78 Å². The van der Waals surface area contributed by atoms with Gasteiger partial charge in [0.25, 0.3) is 0 Å². The molecule has 1 rings (SSSR count). The Morgan fingerprint density at radius 2 is 2.31 bits per heavy atom. The fraction of sp³-hybridized carbons (Fsp3) is 0.643. The van der Waals surface area contributed by atoms with Gasteiger partial charge in [0.05, 0.1) is 11.5 Å². The van der Waals surface area contributed by atoms with Gasteiger partial charge in [0, 0.05) is 0 Å². The SMILES string of the molecule is CC(C)=CCC[C@@](C)(O)[C@H]1CCC=CC1=O. The smallest absolute Gasteiger partial charge is 0.161 e. The number of aliphatic hydroxyl groups is 1. The van der Waals surface area contributed by atoms with E-state index in [0.29, 0.717) is 6.42 Å². The largest absolute Gasteiger partial charge is 0.389 e. The van der Waals surface area contributed by atoms with Gasteiger partial charge in [-0.25, -0.2) is 0 Å². The van der Waals surface area contributed by atoms with Crippen LogP contribution in [-0.2, 0) is 4.79 Å². The predicted molar refractivity (Wildman–Crippen MR) is 66.2 cm³/mol. The highest BCUT2D eigenvalue weighted by Crippen LogP contribution is 2.30. The number of carbonyl (C=O) groups is 1. The number of rotatable bonds is 4. The summed E-state index contributed by atoms with van der Waals surface area (Å²) in [6, 6.07) is 0. The van der Waals surface area contributed by atoms with Crippen LogP contribution in [0.15, 0.2) is 23.8 Å². The van der Waals surface area contributed by atoms with Crippen LogP contribution in [0.1, 0.15) is 46.5 Å².